The van der Waals surface area contributed by atoms with E-state index >= 15 is 0 Å². The van der Waals surface area contributed by atoms with Gasteiger partial charge in [0.15, 0.2) is 0 Å². The molecule has 0 saturated carbocycles. The van der Waals surface area contributed by atoms with Crippen molar-refractivity contribution in [1.82, 2.24) is 5.48 Å². The molecule has 0 aliphatic heterocycles. The summed E-state index contributed by atoms with van der Waals surface area (Å²) in [5, 5.41) is 8.36. The van der Waals surface area contributed by atoms with E-state index in [1.165, 1.54) is 17.8 Å². The van der Waals surface area contributed by atoms with Gasteiger partial charge in [-0.3, -0.25) is 10.0 Å². The van der Waals surface area contributed by atoms with Gasteiger partial charge in [-0.1, -0.05) is 19.8 Å². The van der Waals surface area contributed by atoms with E-state index in [4.69, 9.17) is 5.21 Å². The second-order valence-electron chi connectivity index (χ2n) is 4.14. The monoisotopic (exact) mass is 271 g/mol. The number of hydrogen-bond donors (Lipinski definition) is 2. The lowest BCUT2D eigenvalue weighted by Gasteiger charge is -2.14. The van der Waals surface area contributed by atoms with Crippen molar-refractivity contribution in [3.05, 3.63) is 29.6 Å². The van der Waals surface area contributed by atoms with Gasteiger partial charge in [0, 0.05) is 4.90 Å². The van der Waals surface area contributed by atoms with Gasteiger partial charge < -0.3 is 0 Å². The minimum absolute atomic E-state index is 0.254. The van der Waals surface area contributed by atoms with Crippen LogP contribution >= 0.6 is 11.8 Å². The summed E-state index contributed by atoms with van der Waals surface area (Å²) in [5.41, 5.74) is 2.24. The molecule has 0 bridgehead atoms. The number of aryl methyl sites for hydroxylation is 1. The Kier molecular flexibility index (Phi) is 6.15. The third-order valence-corrected chi connectivity index (χ3v) is 3.89. The Labute approximate surface area is 111 Å². The number of hydroxylamine groups is 1. The quantitative estimate of drug-likeness (QED) is 0.474. The van der Waals surface area contributed by atoms with E-state index in [9.17, 15) is 9.18 Å². The highest BCUT2D eigenvalue weighted by Crippen LogP contribution is 2.28. The number of halogens is 1. The average molecular weight is 271 g/mol. The molecule has 18 heavy (non-hydrogen) atoms. The molecule has 5 heteroatoms. The second-order valence-corrected chi connectivity index (χ2v) is 5.41. The predicted octanol–water partition coefficient (Wildman–Crippen LogP) is 3.29. The SMILES string of the molecule is CCCCC(Sc1ccc(F)c(C)c1)C(=O)NO. The Morgan fingerprint density at radius 3 is 2.83 bits per heavy atom. The molecule has 0 spiro atoms. The number of nitrogens with one attached hydrogen (secondary N) is 1. The summed E-state index contributed by atoms with van der Waals surface area (Å²) in [6.45, 7) is 3.73. The molecule has 0 fully saturated rings. The number of carbonyl (C=O) groups is 1. The first-order valence-electron chi connectivity index (χ1n) is 5.95. The molecule has 1 unspecified atom stereocenters. The van der Waals surface area contributed by atoms with Crippen LogP contribution < -0.4 is 5.48 Å². The first-order chi connectivity index (χ1) is 8.58. The molecule has 0 saturated heterocycles. The smallest absolute Gasteiger partial charge is 0.256 e. The minimum Gasteiger partial charge on any atom is -0.289 e. The zero-order chi connectivity index (χ0) is 13.5. The van der Waals surface area contributed by atoms with Crippen LogP contribution in [-0.4, -0.2) is 16.4 Å². The van der Waals surface area contributed by atoms with E-state index in [1.54, 1.807) is 24.5 Å². The topological polar surface area (TPSA) is 49.3 Å². The van der Waals surface area contributed by atoms with E-state index in [-0.39, 0.29) is 11.1 Å². The van der Waals surface area contributed by atoms with Crippen LogP contribution in [0, 0.1) is 12.7 Å². The van der Waals surface area contributed by atoms with E-state index in [2.05, 4.69) is 0 Å². The van der Waals surface area contributed by atoms with Gasteiger partial charge >= 0.3 is 0 Å². The van der Waals surface area contributed by atoms with Crippen LogP contribution in [0.5, 0.6) is 0 Å². The Hall–Kier alpha value is -1.07. The Morgan fingerprint density at radius 1 is 1.56 bits per heavy atom. The normalized spacial score (nSPS) is 12.2. The molecule has 1 amide bonds. The van der Waals surface area contributed by atoms with Crippen LogP contribution in [0.2, 0.25) is 0 Å². The van der Waals surface area contributed by atoms with Gasteiger partial charge in [-0.15, -0.1) is 11.8 Å². The molecule has 3 nitrogen and oxygen atoms in total. The maximum Gasteiger partial charge on any atom is 0.256 e. The summed E-state index contributed by atoms with van der Waals surface area (Å²) in [5.74, 6) is -0.661. The van der Waals surface area contributed by atoms with E-state index < -0.39 is 5.91 Å². The maximum absolute atomic E-state index is 13.1. The van der Waals surface area contributed by atoms with Gasteiger partial charge in [0.2, 0.25) is 0 Å². The zero-order valence-electron chi connectivity index (χ0n) is 10.6. The van der Waals surface area contributed by atoms with Crippen molar-refractivity contribution >= 4 is 17.7 Å². The standard InChI is InChI=1S/C13H18FNO2S/c1-3-4-5-12(13(16)15-17)18-10-6-7-11(14)9(2)8-10/h6-8,12,17H,3-5H2,1-2H3,(H,15,16). The molecule has 1 aromatic carbocycles. The van der Waals surface area contributed by atoms with Crippen molar-refractivity contribution in [3.8, 4) is 0 Å². The maximum atomic E-state index is 13.1. The molecule has 0 heterocycles. The first-order valence-corrected chi connectivity index (χ1v) is 6.83. The number of rotatable bonds is 6. The van der Waals surface area contributed by atoms with Crippen molar-refractivity contribution in [2.75, 3.05) is 0 Å². The highest BCUT2D eigenvalue weighted by molar-refractivity contribution is 8.00. The Bertz CT molecular complexity index is 412. The number of carbonyl (C=O) groups excluding carboxylic acids is 1. The van der Waals surface area contributed by atoms with Crippen molar-refractivity contribution < 1.29 is 14.4 Å². The highest BCUT2D eigenvalue weighted by Gasteiger charge is 2.19. The molecule has 0 aliphatic rings. The molecule has 1 atom stereocenters. The van der Waals surface area contributed by atoms with Crippen molar-refractivity contribution in [2.24, 2.45) is 0 Å². The molecule has 0 aliphatic carbocycles. The predicted molar refractivity (Wildman–Crippen MR) is 70.2 cm³/mol. The summed E-state index contributed by atoms with van der Waals surface area (Å²) < 4.78 is 13.1. The highest BCUT2D eigenvalue weighted by atomic mass is 32.2. The molecule has 0 radical (unpaired) electrons. The Balaban J connectivity index is 2.75. The summed E-state index contributed by atoms with van der Waals surface area (Å²) in [6, 6.07) is 4.76. The molecule has 0 aromatic heterocycles. The molecule has 100 valence electrons. The van der Waals surface area contributed by atoms with Gasteiger partial charge in [0.25, 0.3) is 5.91 Å². The number of thioether (sulfide) groups is 1. The number of amides is 1. The van der Waals surface area contributed by atoms with Gasteiger partial charge in [-0.25, -0.2) is 9.87 Å². The summed E-state index contributed by atoms with van der Waals surface area (Å²) in [6.07, 6.45) is 2.58. The van der Waals surface area contributed by atoms with Gasteiger partial charge in [0.05, 0.1) is 5.25 Å². The fourth-order valence-corrected chi connectivity index (χ4v) is 2.72. The van der Waals surface area contributed by atoms with Crippen LogP contribution in [0.25, 0.3) is 0 Å². The van der Waals surface area contributed by atoms with Crippen LogP contribution in [-0.2, 0) is 4.79 Å². The lowest BCUT2D eigenvalue weighted by Crippen LogP contribution is -2.30. The van der Waals surface area contributed by atoms with Crippen LogP contribution in [0.15, 0.2) is 23.1 Å². The summed E-state index contributed by atoms with van der Waals surface area (Å²) in [4.78, 5) is 12.4. The third-order valence-electron chi connectivity index (χ3n) is 2.63. The number of unbranched alkanes of at least 4 members (excludes halogenated alkanes) is 1. The number of benzene rings is 1. The lowest BCUT2D eigenvalue weighted by molar-refractivity contribution is -0.128. The van der Waals surface area contributed by atoms with E-state index in [0.29, 0.717) is 12.0 Å². The summed E-state index contributed by atoms with van der Waals surface area (Å²) >= 11 is 1.35. The first kappa shape index (κ1) is 15.0. The molecule has 1 aromatic rings. The Morgan fingerprint density at radius 2 is 2.28 bits per heavy atom. The average Bonchev–Trinajstić information content (AvgIpc) is 2.37. The molecule has 1 rings (SSSR count). The van der Waals surface area contributed by atoms with E-state index in [0.717, 1.165) is 17.7 Å². The van der Waals surface area contributed by atoms with Crippen LogP contribution in [0.3, 0.4) is 0 Å². The second kappa shape index (κ2) is 7.38. The fourth-order valence-electron chi connectivity index (χ4n) is 1.56. The molecule has 2 N–H and O–H groups in total. The van der Waals surface area contributed by atoms with Gasteiger partial charge in [-0.2, -0.15) is 0 Å². The van der Waals surface area contributed by atoms with Crippen molar-refractivity contribution in [1.29, 1.82) is 0 Å². The zero-order valence-corrected chi connectivity index (χ0v) is 11.4. The number of hydrogen-bond acceptors (Lipinski definition) is 3. The van der Waals surface area contributed by atoms with Gasteiger partial charge in [0.1, 0.15) is 5.82 Å². The van der Waals surface area contributed by atoms with Crippen LogP contribution in [0.1, 0.15) is 31.7 Å². The third kappa shape index (κ3) is 4.31. The van der Waals surface area contributed by atoms with E-state index in [1.807, 2.05) is 6.92 Å². The molecular formula is C13H18FNO2S. The molecular weight excluding hydrogens is 253 g/mol. The van der Waals surface area contributed by atoms with Gasteiger partial charge in [-0.05, 0) is 37.1 Å². The largest absolute Gasteiger partial charge is 0.289 e. The van der Waals surface area contributed by atoms with Crippen LogP contribution in [0.4, 0.5) is 4.39 Å². The lowest BCUT2D eigenvalue weighted by atomic mass is 10.2. The van der Waals surface area contributed by atoms with Crippen molar-refractivity contribution in [3.63, 3.8) is 0 Å². The summed E-state index contributed by atoms with van der Waals surface area (Å²) in [7, 11) is 0. The fraction of sp³-hybridized carbons (Fsp3) is 0.462. The van der Waals surface area contributed by atoms with Crippen molar-refractivity contribution in [2.45, 2.75) is 43.3 Å². The minimum atomic E-state index is -0.407.